The van der Waals surface area contributed by atoms with Gasteiger partial charge in [-0.05, 0) is 11.6 Å². The molecule has 0 bridgehead atoms. The second kappa shape index (κ2) is 6.35. The zero-order valence-corrected chi connectivity index (χ0v) is 11.3. The van der Waals surface area contributed by atoms with Gasteiger partial charge in [-0.15, -0.1) is 6.58 Å². The molecule has 0 aliphatic heterocycles. The Balaban J connectivity index is 2.19. The molecule has 0 radical (unpaired) electrons. The van der Waals surface area contributed by atoms with Gasteiger partial charge in [-0.25, -0.2) is 0 Å². The van der Waals surface area contributed by atoms with Crippen molar-refractivity contribution in [1.29, 1.82) is 0 Å². The fraction of sp³-hybridized carbons (Fsp3) is 0.118. The maximum atomic E-state index is 12.2. The summed E-state index contributed by atoms with van der Waals surface area (Å²) >= 11 is 6.17. The Morgan fingerprint density at radius 2 is 1.74 bits per heavy atom. The molecule has 0 aromatic heterocycles. The molecular weight excluding hydrogens is 256 g/mol. The van der Waals surface area contributed by atoms with E-state index in [1.807, 2.05) is 54.6 Å². The van der Waals surface area contributed by atoms with Crippen LogP contribution in [0.25, 0.3) is 0 Å². The second-order valence-corrected chi connectivity index (χ2v) is 4.76. The monoisotopic (exact) mass is 270 g/mol. The minimum atomic E-state index is -0.0543. The zero-order valence-electron chi connectivity index (χ0n) is 10.6. The summed E-state index contributed by atoms with van der Waals surface area (Å²) in [4.78, 5) is 12.2. The van der Waals surface area contributed by atoms with Crippen LogP contribution in [-0.4, -0.2) is 5.78 Å². The summed E-state index contributed by atoms with van der Waals surface area (Å²) in [5.41, 5.74) is 1.67. The van der Waals surface area contributed by atoms with Gasteiger partial charge in [-0.2, -0.15) is 0 Å². The van der Waals surface area contributed by atoms with Crippen LogP contribution in [0, 0.1) is 0 Å². The van der Waals surface area contributed by atoms with Crippen LogP contribution >= 0.6 is 11.6 Å². The summed E-state index contributed by atoms with van der Waals surface area (Å²) in [5.74, 6) is 0.0480. The first-order valence-corrected chi connectivity index (χ1v) is 6.55. The predicted octanol–water partition coefficient (Wildman–Crippen LogP) is 4.88. The number of rotatable bonds is 5. The standard InChI is InChI=1S/C17H15ClO/c1-2-13(15-10-6-7-11-16(15)18)12-17(19)14-8-4-3-5-9-14/h2-11,13H,1,12H2. The number of allylic oxidation sites excluding steroid dienone is 1. The molecule has 0 amide bonds. The molecule has 2 aromatic rings. The van der Waals surface area contributed by atoms with Crippen molar-refractivity contribution < 1.29 is 4.79 Å². The fourth-order valence-electron chi connectivity index (χ4n) is 2.04. The Morgan fingerprint density at radius 3 is 2.37 bits per heavy atom. The number of hydrogen-bond donors (Lipinski definition) is 0. The minimum absolute atomic E-state index is 0.0543. The predicted molar refractivity (Wildman–Crippen MR) is 79.8 cm³/mol. The first kappa shape index (κ1) is 13.6. The number of ketones is 1. The van der Waals surface area contributed by atoms with Gasteiger partial charge in [0.05, 0.1) is 0 Å². The molecule has 0 aliphatic rings. The van der Waals surface area contributed by atoms with Crippen LogP contribution in [0.5, 0.6) is 0 Å². The average molecular weight is 271 g/mol. The van der Waals surface area contributed by atoms with Crippen LogP contribution in [0.4, 0.5) is 0 Å². The summed E-state index contributed by atoms with van der Waals surface area (Å²) in [6.45, 7) is 3.81. The zero-order chi connectivity index (χ0) is 13.7. The highest BCUT2D eigenvalue weighted by Crippen LogP contribution is 2.28. The first-order valence-electron chi connectivity index (χ1n) is 6.17. The van der Waals surface area contributed by atoms with Crippen molar-refractivity contribution in [2.75, 3.05) is 0 Å². The average Bonchev–Trinajstić information content (AvgIpc) is 2.46. The highest BCUT2D eigenvalue weighted by molar-refractivity contribution is 6.31. The summed E-state index contributed by atoms with van der Waals surface area (Å²) in [5, 5.41) is 0.674. The topological polar surface area (TPSA) is 17.1 Å². The third-order valence-electron chi connectivity index (χ3n) is 3.09. The summed E-state index contributed by atoms with van der Waals surface area (Å²) < 4.78 is 0. The second-order valence-electron chi connectivity index (χ2n) is 4.36. The highest BCUT2D eigenvalue weighted by Gasteiger charge is 2.16. The Hall–Kier alpha value is -1.86. The lowest BCUT2D eigenvalue weighted by molar-refractivity contribution is 0.0978. The van der Waals surface area contributed by atoms with E-state index in [0.29, 0.717) is 11.4 Å². The third-order valence-corrected chi connectivity index (χ3v) is 3.43. The van der Waals surface area contributed by atoms with Gasteiger partial charge in [-0.3, -0.25) is 4.79 Å². The van der Waals surface area contributed by atoms with Gasteiger partial charge in [0, 0.05) is 22.9 Å². The van der Waals surface area contributed by atoms with E-state index in [1.165, 1.54) is 0 Å². The molecular formula is C17H15ClO. The molecule has 0 saturated carbocycles. The third kappa shape index (κ3) is 3.33. The molecule has 1 nitrogen and oxygen atoms in total. The molecule has 0 saturated heterocycles. The Labute approximate surface area is 118 Å². The molecule has 0 heterocycles. The van der Waals surface area contributed by atoms with Gasteiger partial charge in [0.25, 0.3) is 0 Å². The lowest BCUT2D eigenvalue weighted by Crippen LogP contribution is -2.06. The molecule has 2 rings (SSSR count). The SMILES string of the molecule is C=CC(CC(=O)c1ccccc1)c1ccccc1Cl. The summed E-state index contributed by atoms with van der Waals surface area (Å²) in [6, 6.07) is 16.9. The van der Waals surface area contributed by atoms with E-state index in [9.17, 15) is 4.79 Å². The highest BCUT2D eigenvalue weighted by atomic mass is 35.5. The van der Waals surface area contributed by atoms with Crippen molar-refractivity contribution in [2.24, 2.45) is 0 Å². The van der Waals surface area contributed by atoms with E-state index >= 15 is 0 Å². The number of halogens is 1. The van der Waals surface area contributed by atoms with Crippen LogP contribution in [0.15, 0.2) is 67.3 Å². The van der Waals surface area contributed by atoms with E-state index in [4.69, 9.17) is 11.6 Å². The smallest absolute Gasteiger partial charge is 0.163 e. The van der Waals surface area contributed by atoms with Gasteiger partial charge in [0.15, 0.2) is 5.78 Å². The van der Waals surface area contributed by atoms with Crippen molar-refractivity contribution in [1.82, 2.24) is 0 Å². The normalized spacial score (nSPS) is 11.8. The van der Waals surface area contributed by atoms with E-state index in [-0.39, 0.29) is 11.7 Å². The van der Waals surface area contributed by atoms with Gasteiger partial charge in [-0.1, -0.05) is 66.2 Å². The van der Waals surface area contributed by atoms with Gasteiger partial charge in [0.2, 0.25) is 0 Å². The lowest BCUT2D eigenvalue weighted by atomic mass is 9.91. The van der Waals surface area contributed by atoms with Crippen LogP contribution in [0.2, 0.25) is 5.02 Å². The molecule has 19 heavy (non-hydrogen) atoms. The van der Waals surface area contributed by atoms with Crippen molar-refractivity contribution in [3.05, 3.63) is 83.4 Å². The van der Waals surface area contributed by atoms with Crippen molar-refractivity contribution in [3.63, 3.8) is 0 Å². The van der Waals surface area contributed by atoms with Crippen LogP contribution in [-0.2, 0) is 0 Å². The Morgan fingerprint density at radius 1 is 1.11 bits per heavy atom. The summed E-state index contributed by atoms with van der Waals surface area (Å²) in [6.07, 6.45) is 2.17. The quantitative estimate of drug-likeness (QED) is 0.559. The minimum Gasteiger partial charge on any atom is -0.294 e. The fourth-order valence-corrected chi connectivity index (χ4v) is 2.31. The Bertz CT molecular complexity index is 575. The number of carbonyl (C=O) groups excluding carboxylic acids is 1. The largest absolute Gasteiger partial charge is 0.294 e. The number of carbonyl (C=O) groups is 1. The van der Waals surface area contributed by atoms with E-state index in [1.54, 1.807) is 6.08 Å². The molecule has 2 aromatic carbocycles. The summed E-state index contributed by atoms with van der Waals surface area (Å²) in [7, 11) is 0. The molecule has 0 aliphatic carbocycles. The Kier molecular flexibility index (Phi) is 4.53. The van der Waals surface area contributed by atoms with Crippen molar-refractivity contribution >= 4 is 17.4 Å². The molecule has 0 fully saturated rings. The maximum Gasteiger partial charge on any atom is 0.163 e. The van der Waals surface area contributed by atoms with Gasteiger partial charge < -0.3 is 0 Å². The number of benzene rings is 2. The van der Waals surface area contributed by atoms with Crippen LogP contribution < -0.4 is 0 Å². The van der Waals surface area contributed by atoms with Crippen LogP contribution in [0.1, 0.15) is 28.3 Å². The van der Waals surface area contributed by atoms with E-state index in [0.717, 1.165) is 11.1 Å². The maximum absolute atomic E-state index is 12.2. The first-order chi connectivity index (χ1) is 9.22. The lowest BCUT2D eigenvalue weighted by Gasteiger charge is -2.13. The van der Waals surface area contributed by atoms with Gasteiger partial charge in [0.1, 0.15) is 0 Å². The van der Waals surface area contributed by atoms with E-state index in [2.05, 4.69) is 6.58 Å². The molecule has 2 heteroatoms. The molecule has 0 N–H and O–H groups in total. The van der Waals surface area contributed by atoms with E-state index < -0.39 is 0 Å². The molecule has 0 spiro atoms. The van der Waals surface area contributed by atoms with Gasteiger partial charge >= 0.3 is 0 Å². The van der Waals surface area contributed by atoms with Crippen LogP contribution in [0.3, 0.4) is 0 Å². The molecule has 96 valence electrons. The van der Waals surface area contributed by atoms with Crippen molar-refractivity contribution in [3.8, 4) is 0 Å². The molecule has 1 unspecified atom stereocenters. The number of hydrogen-bond acceptors (Lipinski definition) is 1. The molecule has 1 atom stereocenters. The van der Waals surface area contributed by atoms with Crippen molar-refractivity contribution in [2.45, 2.75) is 12.3 Å². The number of Topliss-reactive ketones (excluding diaryl/α,β-unsaturated/α-hetero) is 1.